The molecule has 0 saturated carbocycles. The number of carbonyl (C=O) groups is 1. The molecule has 1 amide bonds. The molecule has 1 aromatic rings. The first-order valence-corrected chi connectivity index (χ1v) is 4.85. The molecule has 0 spiro atoms. The van der Waals surface area contributed by atoms with Crippen molar-refractivity contribution in [2.75, 3.05) is 13.1 Å². The van der Waals surface area contributed by atoms with Gasteiger partial charge in [-0.05, 0) is 18.1 Å². The molecule has 0 unspecified atom stereocenters. The molecule has 0 aliphatic carbocycles. The summed E-state index contributed by atoms with van der Waals surface area (Å²) in [5.41, 5.74) is 7.14. The molecule has 0 heterocycles. The normalized spacial score (nSPS) is 9.86. The number of aryl methyl sites for hydroxylation is 1. The summed E-state index contributed by atoms with van der Waals surface area (Å²) < 4.78 is 0. The Bertz CT molecular complexity index is 310. The molecule has 0 aliphatic heterocycles. The van der Waals surface area contributed by atoms with Crippen LogP contribution >= 0.6 is 0 Å². The van der Waals surface area contributed by atoms with Crippen LogP contribution in [0.15, 0.2) is 24.3 Å². The molecule has 0 radical (unpaired) electrons. The van der Waals surface area contributed by atoms with Crippen molar-refractivity contribution in [3.05, 3.63) is 35.4 Å². The fourth-order valence-electron chi connectivity index (χ4n) is 1.33. The molecular weight excluding hydrogens is 176 g/mol. The van der Waals surface area contributed by atoms with Crippen LogP contribution in [-0.4, -0.2) is 19.0 Å². The van der Waals surface area contributed by atoms with Crippen LogP contribution in [0.4, 0.5) is 0 Å². The summed E-state index contributed by atoms with van der Waals surface area (Å²) in [5.74, 6) is -0.0344. The Balaban J connectivity index is 2.78. The average molecular weight is 192 g/mol. The molecule has 0 aromatic heterocycles. The van der Waals surface area contributed by atoms with Crippen LogP contribution < -0.4 is 11.1 Å². The topological polar surface area (TPSA) is 55.1 Å². The van der Waals surface area contributed by atoms with E-state index in [2.05, 4.69) is 5.32 Å². The lowest BCUT2D eigenvalue weighted by molar-refractivity contribution is 0.0954. The fraction of sp³-hybridized carbons (Fsp3) is 0.364. The molecular formula is C11H16N2O. The van der Waals surface area contributed by atoms with Gasteiger partial charge in [0.05, 0.1) is 0 Å². The van der Waals surface area contributed by atoms with E-state index in [-0.39, 0.29) is 5.91 Å². The number of benzene rings is 1. The minimum atomic E-state index is -0.0344. The summed E-state index contributed by atoms with van der Waals surface area (Å²) in [7, 11) is 0. The van der Waals surface area contributed by atoms with Crippen LogP contribution in [0.5, 0.6) is 0 Å². The number of hydrogen-bond acceptors (Lipinski definition) is 2. The van der Waals surface area contributed by atoms with Crippen molar-refractivity contribution in [1.29, 1.82) is 0 Å². The quantitative estimate of drug-likeness (QED) is 0.746. The van der Waals surface area contributed by atoms with Gasteiger partial charge in [0.1, 0.15) is 0 Å². The largest absolute Gasteiger partial charge is 0.351 e. The highest BCUT2D eigenvalue weighted by molar-refractivity contribution is 5.95. The molecule has 1 rings (SSSR count). The van der Waals surface area contributed by atoms with E-state index < -0.39 is 0 Å². The van der Waals surface area contributed by atoms with Crippen molar-refractivity contribution in [3.8, 4) is 0 Å². The third-order valence-electron chi connectivity index (χ3n) is 2.07. The highest BCUT2D eigenvalue weighted by atomic mass is 16.1. The Hall–Kier alpha value is -1.35. The van der Waals surface area contributed by atoms with E-state index in [4.69, 9.17) is 5.73 Å². The Morgan fingerprint density at radius 1 is 1.43 bits per heavy atom. The second-order valence-corrected chi connectivity index (χ2v) is 3.06. The number of nitrogens with one attached hydrogen (secondary N) is 1. The van der Waals surface area contributed by atoms with Gasteiger partial charge in [0.25, 0.3) is 5.91 Å². The molecule has 0 atom stereocenters. The van der Waals surface area contributed by atoms with Gasteiger partial charge >= 0.3 is 0 Å². The van der Waals surface area contributed by atoms with E-state index >= 15 is 0 Å². The molecule has 0 bridgehead atoms. The van der Waals surface area contributed by atoms with Crippen LogP contribution in [0.1, 0.15) is 22.8 Å². The highest BCUT2D eigenvalue weighted by Gasteiger charge is 2.07. The van der Waals surface area contributed by atoms with Crippen LogP contribution in [-0.2, 0) is 6.42 Å². The van der Waals surface area contributed by atoms with E-state index in [1.165, 1.54) is 0 Å². The van der Waals surface area contributed by atoms with Crippen LogP contribution in [0.2, 0.25) is 0 Å². The summed E-state index contributed by atoms with van der Waals surface area (Å²) in [6, 6.07) is 7.62. The van der Waals surface area contributed by atoms with E-state index in [1.54, 1.807) is 0 Å². The third-order valence-corrected chi connectivity index (χ3v) is 2.07. The molecule has 1 aromatic carbocycles. The zero-order valence-electron chi connectivity index (χ0n) is 8.42. The Kier molecular flexibility index (Phi) is 4.13. The summed E-state index contributed by atoms with van der Waals surface area (Å²) in [5, 5.41) is 2.76. The first-order chi connectivity index (χ1) is 6.79. The maximum atomic E-state index is 11.6. The molecule has 0 aliphatic rings. The SMILES string of the molecule is CCc1ccccc1C(=O)NCCN. The van der Waals surface area contributed by atoms with E-state index in [0.717, 1.165) is 17.5 Å². The van der Waals surface area contributed by atoms with Gasteiger partial charge in [0, 0.05) is 18.7 Å². The summed E-state index contributed by atoms with van der Waals surface area (Å²) in [6.45, 7) is 3.03. The monoisotopic (exact) mass is 192 g/mol. The molecule has 14 heavy (non-hydrogen) atoms. The van der Waals surface area contributed by atoms with Gasteiger partial charge < -0.3 is 11.1 Å². The van der Waals surface area contributed by atoms with Crippen LogP contribution in [0, 0.1) is 0 Å². The molecule has 0 fully saturated rings. The smallest absolute Gasteiger partial charge is 0.251 e. The average Bonchev–Trinajstić information content (AvgIpc) is 2.25. The Morgan fingerprint density at radius 2 is 2.14 bits per heavy atom. The third kappa shape index (κ3) is 2.57. The van der Waals surface area contributed by atoms with Crippen molar-refractivity contribution in [2.24, 2.45) is 5.73 Å². The van der Waals surface area contributed by atoms with Crippen molar-refractivity contribution >= 4 is 5.91 Å². The Labute approximate surface area is 84.3 Å². The number of rotatable bonds is 4. The standard InChI is InChI=1S/C11H16N2O/c1-2-9-5-3-4-6-10(9)11(14)13-8-7-12/h3-6H,2,7-8,12H2,1H3,(H,13,14). The van der Waals surface area contributed by atoms with Crippen molar-refractivity contribution in [1.82, 2.24) is 5.32 Å². The summed E-state index contributed by atoms with van der Waals surface area (Å²) in [6.07, 6.45) is 0.867. The van der Waals surface area contributed by atoms with Gasteiger partial charge in [-0.3, -0.25) is 4.79 Å². The van der Waals surface area contributed by atoms with Gasteiger partial charge in [-0.25, -0.2) is 0 Å². The molecule has 0 saturated heterocycles. The summed E-state index contributed by atoms with van der Waals surface area (Å²) >= 11 is 0. The minimum Gasteiger partial charge on any atom is -0.351 e. The Morgan fingerprint density at radius 3 is 2.79 bits per heavy atom. The van der Waals surface area contributed by atoms with Crippen molar-refractivity contribution in [3.63, 3.8) is 0 Å². The molecule has 76 valence electrons. The van der Waals surface area contributed by atoms with Crippen LogP contribution in [0.25, 0.3) is 0 Å². The summed E-state index contributed by atoms with van der Waals surface area (Å²) in [4.78, 5) is 11.6. The second-order valence-electron chi connectivity index (χ2n) is 3.06. The highest BCUT2D eigenvalue weighted by Crippen LogP contribution is 2.08. The van der Waals surface area contributed by atoms with E-state index in [9.17, 15) is 4.79 Å². The first kappa shape index (κ1) is 10.7. The number of hydrogen-bond donors (Lipinski definition) is 2. The zero-order chi connectivity index (χ0) is 10.4. The fourth-order valence-corrected chi connectivity index (χ4v) is 1.33. The van der Waals surface area contributed by atoms with Gasteiger partial charge in [0.2, 0.25) is 0 Å². The van der Waals surface area contributed by atoms with Crippen LogP contribution in [0.3, 0.4) is 0 Å². The van der Waals surface area contributed by atoms with Gasteiger partial charge in [-0.15, -0.1) is 0 Å². The minimum absolute atomic E-state index is 0.0344. The predicted octanol–water partition coefficient (Wildman–Crippen LogP) is 0.938. The number of nitrogens with two attached hydrogens (primary N) is 1. The van der Waals surface area contributed by atoms with Crippen molar-refractivity contribution < 1.29 is 4.79 Å². The lowest BCUT2D eigenvalue weighted by Crippen LogP contribution is -2.29. The molecule has 3 N–H and O–H groups in total. The second kappa shape index (κ2) is 5.40. The maximum Gasteiger partial charge on any atom is 0.251 e. The van der Waals surface area contributed by atoms with Gasteiger partial charge in [0.15, 0.2) is 0 Å². The zero-order valence-corrected chi connectivity index (χ0v) is 8.42. The van der Waals surface area contributed by atoms with E-state index in [0.29, 0.717) is 13.1 Å². The van der Waals surface area contributed by atoms with Crippen molar-refractivity contribution in [2.45, 2.75) is 13.3 Å². The van der Waals surface area contributed by atoms with E-state index in [1.807, 2.05) is 31.2 Å². The molecule has 3 nitrogen and oxygen atoms in total. The predicted molar refractivity (Wildman–Crippen MR) is 57.2 cm³/mol. The lowest BCUT2D eigenvalue weighted by Gasteiger charge is -2.07. The first-order valence-electron chi connectivity index (χ1n) is 4.85. The van der Waals surface area contributed by atoms with Gasteiger partial charge in [-0.1, -0.05) is 25.1 Å². The molecule has 3 heteroatoms. The lowest BCUT2D eigenvalue weighted by atomic mass is 10.0. The van der Waals surface area contributed by atoms with Gasteiger partial charge in [-0.2, -0.15) is 0 Å². The number of carbonyl (C=O) groups excluding carboxylic acids is 1. The number of amides is 1. The maximum absolute atomic E-state index is 11.6.